The predicted molar refractivity (Wildman–Crippen MR) is 130 cm³/mol. The van der Waals surface area contributed by atoms with Gasteiger partial charge < -0.3 is 20.3 Å². The maximum atomic E-state index is 12.0. The number of nitrogens with one attached hydrogen (secondary N) is 2. The van der Waals surface area contributed by atoms with Gasteiger partial charge >= 0.3 is 0 Å². The molecule has 6 nitrogen and oxygen atoms in total. The molecule has 7 heteroatoms. The highest BCUT2D eigenvalue weighted by Crippen LogP contribution is 2.38. The first-order valence-corrected chi connectivity index (χ1v) is 10.2. The van der Waals surface area contributed by atoms with E-state index in [9.17, 15) is 4.79 Å². The van der Waals surface area contributed by atoms with Crippen molar-refractivity contribution in [3.63, 3.8) is 0 Å². The van der Waals surface area contributed by atoms with Crippen LogP contribution in [0.4, 0.5) is 0 Å². The average Bonchev–Trinajstić information content (AvgIpc) is 3.23. The number of amides is 1. The smallest absolute Gasteiger partial charge is 0.241 e. The largest absolute Gasteiger partial charge is 0.497 e. The van der Waals surface area contributed by atoms with Crippen LogP contribution >= 0.6 is 24.0 Å². The van der Waals surface area contributed by atoms with Crippen LogP contribution in [0.25, 0.3) is 0 Å². The summed E-state index contributed by atoms with van der Waals surface area (Å²) in [6.07, 6.45) is 5.28. The number of nitrogens with zero attached hydrogens (tertiary/aromatic N) is 2. The van der Waals surface area contributed by atoms with Gasteiger partial charge in [-0.05, 0) is 41.9 Å². The summed E-state index contributed by atoms with van der Waals surface area (Å²) in [6.45, 7) is 6.25. The summed E-state index contributed by atoms with van der Waals surface area (Å²) in [5, 5.41) is 6.65. The first-order valence-electron chi connectivity index (χ1n) is 10.2. The fraction of sp³-hybridized carbons (Fsp3) is 0.636. The Labute approximate surface area is 192 Å². The van der Waals surface area contributed by atoms with Crippen LogP contribution in [-0.4, -0.2) is 51.1 Å². The molecule has 1 aromatic rings. The molecule has 0 saturated heterocycles. The third-order valence-electron chi connectivity index (χ3n) is 5.66. The number of hydrogen-bond donors (Lipinski definition) is 2. The van der Waals surface area contributed by atoms with E-state index in [1.165, 1.54) is 25.7 Å². The number of benzene rings is 1. The fourth-order valence-electron chi connectivity index (χ4n) is 3.56. The molecule has 29 heavy (non-hydrogen) atoms. The van der Waals surface area contributed by atoms with Crippen LogP contribution in [0.1, 0.15) is 45.1 Å². The molecule has 0 atom stereocenters. The third kappa shape index (κ3) is 8.40. The topological polar surface area (TPSA) is 66.0 Å². The number of carbonyl (C=O) groups is 1. The molecule has 1 aliphatic carbocycles. The fourth-order valence-corrected chi connectivity index (χ4v) is 3.56. The van der Waals surface area contributed by atoms with Gasteiger partial charge in [-0.3, -0.25) is 4.79 Å². The van der Waals surface area contributed by atoms with Gasteiger partial charge in [-0.25, -0.2) is 4.99 Å². The summed E-state index contributed by atoms with van der Waals surface area (Å²) in [7, 11) is 5.18. The molecule has 1 fully saturated rings. The second-order valence-electron chi connectivity index (χ2n) is 8.48. The van der Waals surface area contributed by atoms with Crippen LogP contribution in [0.15, 0.2) is 29.3 Å². The first kappa shape index (κ1) is 25.5. The number of ether oxygens (including phenoxy) is 1. The average molecular weight is 516 g/mol. The summed E-state index contributed by atoms with van der Waals surface area (Å²) in [5.74, 6) is 2.27. The van der Waals surface area contributed by atoms with Crippen molar-refractivity contribution in [3.05, 3.63) is 29.8 Å². The minimum Gasteiger partial charge on any atom is -0.497 e. The van der Waals surface area contributed by atoms with Crippen LogP contribution in [0.3, 0.4) is 0 Å². The summed E-state index contributed by atoms with van der Waals surface area (Å²) >= 11 is 0. The van der Waals surface area contributed by atoms with Crippen molar-refractivity contribution < 1.29 is 9.53 Å². The summed E-state index contributed by atoms with van der Waals surface area (Å²) < 4.78 is 5.20. The Hall–Kier alpha value is -1.51. The van der Waals surface area contributed by atoms with E-state index in [1.54, 1.807) is 26.1 Å². The minimum absolute atomic E-state index is 0. The van der Waals surface area contributed by atoms with Gasteiger partial charge in [0.15, 0.2) is 5.96 Å². The number of guanidine groups is 1. The van der Waals surface area contributed by atoms with Gasteiger partial charge in [0, 0.05) is 20.6 Å². The van der Waals surface area contributed by atoms with Crippen molar-refractivity contribution in [2.45, 2.75) is 46.1 Å². The van der Waals surface area contributed by atoms with Crippen LogP contribution in [0, 0.1) is 11.3 Å². The number of rotatable bonds is 8. The molecule has 1 amide bonds. The molecule has 0 spiro atoms. The lowest BCUT2D eigenvalue weighted by Gasteiger charge is -2.32. The van der Waals surface area contributed by atoms with Crippen LogP contribution < -0.4 is 15.4 Å². The Kier molecular flexibility index (Phi) is 10.8. The summed E-state index contributed by atoms with van der Waals surface area (Å²) in [6, 6.07) is 7.88. The molecule has 0 bridgehead atoms. The van der Waals surface area contributed by atoms with Crippen molar-refractivity contribution in [3.8, 4) is 5.75 Å². The second-order valence-corrected chi connectivity index (χ2v) is 8.48. The molecule has 1 aromatic carbocycles. The number of aliphatic imine (C=N–C) groups is 1. The Balaban J connectivity index is 0.00000420. The van der Waals surface area contributed by atoms with Gasteiger partial charge in [-0.2, -0.15) is 0 Å². The van der Waals surface area contributed by atoms with Gasteiger partial charge in [0.2, 0.25) is 5.91 Å². The van der Waals surface area contributed by atoms with Crippen molar-refractivity contribution in [2.75, 3.05) is 34.3 Å². The standard InChI is InChI=1S/C22H36N4O2.HI/c1-22(2,18-8-6-7-9-18)16-25-21(24-15-20(27)26(3)4)23-14-17-10-12-19(28-5)13-11-17;/h10-13,18H,6-9,14-16H2,1-5H3,(H2,23,24,25);1H. The highest BCUT2D eigenvalue weighted by atomic mass is 127. The lowest BCUT2D eigenvalue weighted by atomic mass is 9.78. The van der Waals surface area contributed by atoms with E-state index >= 15 is 0 Å². The van der Waals surface area contributed by atoms with E-state index in [2.05, 4.69) is 24.5 Å². The van der Waals surface area contributed by atoms with E-state index < -0.39 is 0 Å². The maximum Gasteiger partial charge on any atom is 0.241 e. The molecule has 0 heterocycles. The van der Waals surface area contributed by atoms with Crippen LogP contribution in [0.2, 0.25) is 0 Å². The molecule has 0 radical (unpaired) electrons. The molecular formula is C22H37IN4O2. The first-order chi connectivity index (χ1) is 13.3. The van der Waals surface area contributed by atoms with Gasteiger partial charge in [0.05, 0.1) is 20.2 Å². The predicted octanol–water partition coefficient (Wildman–Crippen LogP) is 3.65. The summed E-state index contributed by atoms with van der Waals surface area (Å²) in [5.41, 5.74) is 1.29. The van der Waals surface area contributed by atoms with Crippen molar-refractivity contribution in [1.29, 1.82) is 0 Å². The monoisotopic (exact) mass is 516 g/mol. The van der Waals surface area contributed by atoms with E-state index in [4.69, 9.17) is 9.73 Å². The van der Waals surface area contributed by atoms with Crippen molar-refractivity contribution in [2.24, 2.45) is 16.3 Å². The van der Waals surface area contributed by atoms with E-state index in [-0.39, 0.29) is 41.8 Å². The SMILES string of the molecule is COc1ccc(CN=C(NCC(=O)N(C)C)NCC(C)(C)C2CCCC2)cc1.I. The Morgan fingerprint density at radius 3 is 2.34 bits per heavy atom. The van der Waals surface area contributed by atoms with E-state index in [1.807, 2.05) is 24.3 Å². The number of methoxy groups -OCH3 is 1. The van der Waals surface area contributed by atoms with Crippen LogP contribution in [-0.2, 0) is 11.3 Å². The quantitative estimate of drug-likeness (QED) is 0.315. The lowest BCUT2D eigenvalue weighted by molar-refractivity contribution is -0.127. The third-order valence-corrected chi connectivity index (χ3v) is 5.66. The second kappa shape index (κ2) is 12.2. The van der Waals surface area contributed by atoms with Crippen LogP contribution in [0.5, 0.6) is 5.75 Å². The summed E-state index contributed by atoms with van der Waals surface area (Å²) in [4.78, 5) is 18.2. The normalized spacial score (nSPS) is 14.9. The van der Waals surface area contributed by atoms with Gasteiger partial charge in [0.25, 0.3) is 0 Å². The zero-order chi connectivity index (χ0) is 20.6. The molecular weight excluding hydrogens is 479 g/mol. The molecule has 164 valence electrons. The van der Waals surface area contributed by atoms with Crippen molar-refractivity contribution in [1.82, 2.24) is 15.5 Å². The lowest BCUT2D eigenvalue weighted by Crippen LogP contribution is -2.46. The molecule has 2 rings (SSSR count). The molecule has 0 aliphatic heterocycles. The number of hydrogen-bond acceptors (Lipinski definition) is 3. The number of halogens is 1. The van der Waals surface area contributed by atoms with Gasteiger partial charge in [0.1, 0.15) is 5.75 Å². The Bertz CT molecular complexity index is 653. The van der Waals surface area contributed by atoms with Gasteiger partial charge in [-0.1, -0.05) is 38.8 Å². The zero-order valence-electron chi connectivity index (χ0n) is 18.5. The molecule has 0 aromatic heterocycles. The highest BCUT2D eigenvalue weighted by molar-refractivity contribution is 14.0. The number of carbonyl (C=O) groups excluding carboxylic acids is 1. The highest BCUT2D eigenvalue weighted by Gasteiger charge is 2.31. The minimum atomic E-state index is 0. The Morgan fingerprint density at radius 1 is 1.17 bits per heavy atom. The molecule has 1 aliphatic rings. The molecule has 2 N–H and O–H groups in total. The zero-order valence-corrected chi connectivity index (χ0v) is 20.8. The van der Waals surface area contributed by atoms with E-state index in [0.717, 1.165) is 23.8 Å². The van der Waals surface area contributed by atoms with Crippen molar-refractivity contribution >= 4 is 35.8 Å². The molecule has 1 saturated carbocycles. The van der Waals surface area contributed by atoms with Gasteiger partial charge in [-0.15, -0.1) is 24.0 Å². The number of likely N-dealkylation sites (N-methyl/N-ethyl adjacent to an activating group) is 1. The van der Waals surface area contributed by atoms with E-state index in [0.29, 0.717) is 12.5 Å². The molecule has 0 unspecified atom stereocenters. The maximum absolute atomic E-state index is 12.0. The Morgan fingerprint density at radius 2 is 1.79 bits per heavy atom.